The summed E-state index contributed by atoms with van der Waals surface area (Å²) in [5.74, 6) is 0.343. The molecule has 1 aromatic carbocycles. The average molecular weight is 289 g/mol. The number of fused-ring (bicyclic) bond motifs is 1. The van der Waals surface area contributed by atoms with Gasteiger partial charge in [-0.1, -0.05) is 24.3 Å². The van der Waals surface area contributed by atoms with E-state index < -0.39 is 0 Å². The van der Waals surface area contributed by atoms with Crippen molar-refractivity contribution in [3.05, 3.63) is 35.4 Å². The molecule has 2 atom stereocenters. The van der Waals surface area contributed by atoms with Crippen LogP contribution in [0.25, 0.3) is 0 Å². The van der Waals surface area contributed by atoms with E-state index in [1.807, 2.05) is 16.7 Å². The van der Waals surface area contributed by atoms with Crippen molar-refractivity contribution in [1.29, 1.82) is 0 Å². The molecule has 0 radical (unpaired) electrons. The smallest absolute Gasteiger partial charge is 0.235 e. The first kappa shape index (κ1) is 14.0. The van der Waals surface area contributed by atoms with Crippen molar-refractivity contribution in [3.63, 3.8) is 0 Å². The van der Waals surface area contributed by atoms with Crippen molar-refractivity contribution < 1.29 is 4.79 Å². The minimum absolute atomic E-state index is 0.0873. The highest BCUT2D eigenvalue weighted by atomic mass is 32.2. The molecule has 2 nitrogen and oxygen atoms in total. The fourth-order valence-electron chi connectivity index (χ4n) is 3.35. The van der Waals surface area contributed by atoms with Crippen LogP contribution in [0.2, 0.25) is 0 Å². The summed E-state index contributed by atoms with van der Waals surface area (Å²) in [5, 5.41) is 0.589. The maximum Gasteiger partial charge on any atom is 0.235 e. The lowest BCUT2D eigenvalue weighted by atomic mass is 9.91. The predicted molar refractivity (Wildman–Crippen MR) is 85.0 cm³/mol. The standard InChI is InChI=1S/C17H23NOS/c1-13(17(19)18-11-4-5-12-18)20-16-10-6-8-14-7-2-3-9-15(14)16/h2-3,7,9,13,16H,4-6,8,10-12H2,1H3/t13-,16+/m0/s1. The minimum Gasteiger partial charge on any atom is -0.342 e. The molecule has 1 aliphatic heterocycles. The average Bonchev–Trinajstić information content (AvgIpc) is 3.01. The Kier molecular flexibility index (Phi) is 4.35. The molecule has 1 fully saturated rings. The minimum atomic E-state index is 0.0873. The SMILES string of the molecule is C[C@H](S[C@@H]1CCCc2ccccc21)C(=O)N1CCCC1. The lowest BCUT2D eigenvalue weighted by Gasteiger charge is -2.28. The van der Waals surface area contributed by atoms with Gasteiger partial charge >= 0.3 is 0 Å². The Bertz CT molecular complexity index is 482. The third kappa shape index (κ3) is 2.88. The van der Waals surface area contributed by atoms with Crippen LogP contribution in [0.3, 0.4) is 0 Å². The molecular weight excluding hydrogens is 266 g/mol. The molecule has 1 aromatic rings. The van der Waals surface area contributed by atoms with Gasteiger partial charge in [0.1, 0.15) is 0 Å². The van der Waals surface area contributed by atoms with E-state index in [4.69, 9.17) is 0 Å². The lowest BCUT2D eigenvalue weighted by Crippen LogP contribution is -2.34. The number of carbonyl (C=O) groups is 1. The molecule has 1 heterocycles. The van der Waals surface area contributed by atoms with E-state index in [1.54, 1.807) is 0 Å². The zero-order chi connectivity index (χ0) is 13.9. The molecule has 0 spiro atoms. The quantitative estimate of drug-likeness (QED) is 0.843. The highest BCUT2D eigenvalue weighted by Gasteiger charge is 2.28. The molecule has 0 unspecified atom stereocenters. The van der Waals surface area contributed by atoms with E-state index in [0.717, 1.165) is 13.1 Å². The Morgan fingerprint density at radius 2 is 2.00 bits per heavy atom. The van der Waals surface area contributed by atoms with Crippen LogP contribution in [0.1, 0.15) is 49.0 Å². The summed E-state index contributed by atoms with van der Waals surface area (Å²) in [7, 11) is 0. The first-order valence-electron chi connectivity index (χ1n) is 7.78. The molecule has 0 saturated carbocycles. The number of benzene rings is 1. The monoisotopic (exact) mass is 289 g/mol. The van der Waals surface area contributed by atoms with Crippen molar-refractivity contribution in [3.8, 4) is 0 Å². The number of amides is 1. The Hall–Kier alpha value is -0.960. The molecule has 0 N–H and O–H groups in total. The van der Waals surface area contributed by atoms with Gasteiger partial charge in [-0.2, -0.15) is 0 Å². The van der Waals surface area contributed by atoms with Gasteiger partial charge in [0.25, 0.3) is 0 Å². The summed E-state index contributed by atoms with van der Waals surface area (Å²) in [5.41, 5.74) is 2.95. The van der Waals surface area contributed by atoms with Crippen LogP contribution in [0.4, 0.5) is 0 Å². The third-order valence-electron chi connectivity index (χ3n) is 4.45. The summed E-state index contributed by atoms with van der Waals surface area (Å²) < 4.78 is 0. The van der Waals surface area contributed by atoms with Crippen molar-refractivity contribution in [2.45, 2.75) is 49.5 Å². The van der Waals surface area contributed by atoms with Crippen molar-refractivity contribution in [2.75, 3.05) is 13.1 Å². The van der Waals surface area contributed by atoms with E-state index in [2.05, 4.69) is 31.2 Å². The van der Waals surface area contributed by atoms with Gasteiger partial charge in [-0.15, -0.1) is 11.8 Å². The molecule has 20 heavy (non-hydrogen) atoms. The molecule has 108 valence electrons. The van der Waals surface area contributed by atoms with Crippen LogP contribution in [0.15, 0.2) is 24.3 Å². The maximum atomic E-state index is 12.4. The van der Waals surface area contributed by atoms with Gasteiger partial charge in [-0.3, -0.25) is 4.79 Å². The third-order valence-corrected chi connectivity index (χ3v) is 5.88. The number of thioether (sulfide) groups is 1. The topological polar surface area (TPSA) is 20.3 Å². The van der Waals surface area contributed by atoms with E-state index in [9.17, 15) is 4.79 Å². The van der Waals surface area contributed by atoms with E-state index in [1.165, 1.54) is 43.2 Å². The number of hydrogen-bond donors (Lipinski definition) is 0. The van der Waals surface area contributed by atoms with Crippen molar-refractivity contribution >= 4 is 17.7 Å². The van der Waals surface area contributed by atoms with E-state index >= 15 is 0 Å². The number of nitrogens with zero attached hydrogens (tertiary/aromatic N) is 1. The number of hydrogen-bond acceptors (Lipinski definition) is 2. The summed E-state index contributed by atoms with van der Waals surface area (Å²) in [4.78, 5) is 14.5. The van der Waals surface area contributed by atoms with Crippen LogP contribution in [-0.4, -0.2) is 29.1 Å². The van der Waals surface area contributed by atoms with E-state index in [0.29, 0.717) is 11.2 Å². The highest BCUT2D eigenvalue weighted by molar-refractivity contribution is 8.00. The Balaban J connectivity index is 1.67. The zero-order valence-corrected chi connectivity index (χ0v) is 13.0. The molecule has 3 rings (SSSR count). The lowest BCUT2D eigenvalue weighted by molar-refractivity contribution is -0.129. The summed E-state index contributed by atoms with van der Waals surface area (Å²) in [6, 6.07) is 8.75. The van der Waals surface area contributed by atoms with Gasteiger partial charge in [-0.05, 0) is 50.2 Å². The number of rotatable bonds is 3. The second-order valence-corrected chi connectivity index (χ2v) is 7.44. The molecule has 1 amide bonds. The molecular formula is C17H23NOS. The van der Waals surface area contributed by atoms with Crippen molar-refractivity contribution in [2.24, 2.45) is 0 Å². The number of carbonyl (C=O) groups excluding carboxylic acids is 1. The van der Waals surface area contributed by atoms with Gasteiger partial charge in [0.05, 0.1) is 5.25 Å². The first-order chi connectivity index (χ1) is 9.75. The Labute approximate surface area is 125 Å². The summed E-state index contributed by atoms with van der Waals surface area (Å²) in [6.07, 6.45) is 6.01. The fraction of sp³-hybridized carbons (Fsp3) is 0.588. The molecule has 0 aromatic heterocycles. The van der Waals surface area contributed by atoms with Gasteiger partial charge < -0.3 is 4.90 Å². The van der Waals surface area contributed by atoms with Crippen molar-refractivity contribution in [1.82, 2.24) is 4.90 Å². The Morgan fingerprint density at radius 3 is 2.80 bits per heavy atom. The second kappa shape index (κ2) is 6.21. The molecule has 1 aliphatic carbocycles. The highest BCUT2D eigenvalue weighted by Crippen LogP contribution is 2.42. The summed E-state index contributed by atoms with van der Waals surface area (Å²) in [6.45, 7) is 4.01. The van der Waals surface area contributed by atoms with Gasteiger partial charge in [0.15, 0.2) is 0 Å². The first-order valence-corrected chi connectivity index (χ1v) is 8.72. The second-order valence-electron chi connectivity index (χ2n) is 5.89. The maximum absolute atomic E-state index is 12.4. The normalized spacial score (nSPS) is 23.4. The van der Waals surface area contributed by atoms with Gasteiger partial charge in [-0.25, -0.2) is 0 Å². The molecule has 3 heteroatoms. The van der Waals surface area contributed by atoms with Crippen LogP contribution in [0.5, 0.6) is 0 Å². The number of aryl methyl sites for hydroxylation is 1. The largest absolute Gasteiger partial charge is 0.342 e. The summed E-state index contributed by atoms with van der Waals surface area (Å²) >= 11 is 1.87. The van der Waals surface area contributed by atoms with Crippen LogP contribution in [-0.2, 0) is 11.2 Å². The predicted octanol–water partition coefficient (Wildman–Crippen LogP) is 3.81. The van der Waals surface area contributed by atoms with Gasteiger partial charge in [0.2, 0.25) is 5.91 Å². The Morgan fingerprint density at radius 1 is 1.25 bits per heavy atom. The number of likely N-dealkylation sites (tertiary alicyclic amines) is 1. The van der Waals surface area contributed by atoms with Crippen LogP contribution in [0, 0.1) is 0 Å². The van der Waals surface area contributed by atoms with Crippen LogP contribution < -0.4 is 0 Å². The molecule has 0 bridgehead atoms. The van der Waals surface area contributed by atoms with E-state index in [-0.39, 0.29) is 5.25 Å². The fourth-order valence-corrected chi connectivity index (χ4v) is 4.79. The van der Waals surface area contributed by atoms with Gasteiger partial charge in [0, 0.05) is 18.3 Å². The zero-order valence-electron chi connectivity index (χ0n) is 12.2. The van der Waals surface area contributed by atoms with Crippen LogP contribution >= 0.6 is 11.8 Å². The molecule has 2 aliphatic rings. The molecule has 1 saturated heterocycles.